The lowest BCUT2D eigenvalue weighted by atomic mass is 9.98. The van der Waals surface area contributed by atoms with Crippen molar-refractivity contribution in [2.75, 3.05) is 26.2 Å². The molecular formula is C14H17ClF2N2. The molecule has 104 valence electrons. The summed E-state index contributed by atoms with van der Waals surface area (Å²) in [6.07, 6.45) is 2.10. The van der Waals surface area contributed by atoms with Gasteiger partial charge in [-0.1, -0.05) is 11.6 Å². The fourth-order valence-electron chi connectivity index (χ4n) is 2.92. The number of halogens is 3. The van der Waals surface area contributed by atoms with E-state index in [0.717, 1.165) is 39.0 Å². The van der Waals surface area contributed by atoms with Gasteiger partial charge in [0.2, 0.25) is 0 Å². The Morgan fingerprint density at radius 1 is 1.16 bits per heavy atom. The van der Waals surface area contributed by atoms with Gasteiger partial charge < -0.3 is 5.32 Å². The molecule has 1 heterocycles. The van der Waals surface area contributed by atoms with Crippen LogP contribution >= 0.6 is 11.6 Å². The van der Waals surface area contributed by atoms with Crippen molar-refractivity contribution in [1.29, 1.82) is 0 Å². The molecule has 1 atom stereocenters. The van der Waals surface area contributed by atoms with E-state index in [4.69, 9.17) is 11.6 Å². The number of hydrogen-bond acceptors (Lipinski definition) is 2. The highest BCUT2D eigenvalue weighted by Gasteiger charge is 2.39. The first kappa shape index (κ1) is 13.3. The second-order valence-electron chi connectivity index (χ2n) is 5.35. The summed E-state index contributed by atoms with van der Waals surface area (Å²) in [6, 6.07) is 2.30. The van der Waals surface area contributed by atoms with E-state index in [1.165, 1.54) is 12.1 Å². The Bertz CT molecular complexity index is 448. The largest absolute Gasteiger partial charge is 0.314 e. The number of nitrogens with zero attached hydrogens (tertiary/aromatic N) is 1. The summed E-state index contributed by atoms with van der Waals surface area (Å²) in [4.78, 5) is 2.20. The maximum absolute atomic E-state index is 14.1. The van der Waals surface area contributed by atoms with Gasteiger partial charge in [0.05, 0.1) is 0 Å². The first-order valence-corrected chi connectivity index (χ1v) is 7.14. The molecule has 1 aromatic rings. The quantitative estimate of drug-likeness (QED) is 0.919. The molecule has 2 aliphatic rings. The molecule has 1 aliphatic carbocycles. The van der Waals surface area contributed by atoms with Crippen molar-refractivity contribution in [2.45, 2.75) is 18.9 Å². The number of benzene rings is 1. The highest BCUT2D eigenvalue weighted by molar-refractivity contribution is 6.30. The van der Waals surface area contributed by atoms with Crippen molar-refractivity contribution in [1.82, 2.24) is 10.2 Å². The Hall–Kier alpha value is -0.710. The number of nitrogens with one attached hydrogen (secondary N) is 1. The predicted octanol–water partition coefficient (Wildman–Crippen LogP) is 2.97. The van der Waals surface area contributed by atoms with Gasteiger partial charge in [-0.05, 0) is 30.9 Å². The van der Waals surface area contributed by atoms with Crippen LogP contribution in [0.4, 0.5) is 8.78 Å². The predicted molar refractivity (Wildman–Crippen MR) is 71.3 cm³/mol. The van der Waals surface area contributed by atoms with E-state index in [-0.39, 0.29) is 16.6 Å². The summed E-state index contributed by atoms with van der Waals surface area (Å²) in [7, 11) is 0. The standard InChI is InChI=1S/C14H17ClF2N2/c15-10-7-11(16)13(12(17)8-10)14(9-1-2-9)19-5-3-18-4-6-19/h7-9,14,18H,1-6H2/t14-/m0/s1. The van der Waals surface area contributed by atoms with Crippen LogP contribution in [0.15, 0.2) is 12.1 Å². The van der Waals surface area contributed by atoms with Crippen LogP contribution < -0.4 is 5.32 Å². The molecule has 1 saturated heterocycles. The maximum Gasteiger partial charge on any atom is 0.132 e. The normalized spacial score (nSPS) is 22.5. The van der Waals surface area contributed by atoms with Crippen LogP contribution in [0.25, 0.3) is 0 Å². The zero-order valence-electron chi connectivity index (χ0n) is 10.6. The van der Waals surface area contributed by atoms with Gasteiger partial charge >= 0.3 is 0 Å². The first-order chi connectivity index (χ1) is 9.16. The number of rotatable bonds is 3. The van der Waals surface area contributed by atoms with Crippen LogP contribution in [-0.2, 0) is 0 Å². The molecule has 3 rings (SSSR count). The summed E-state index contributed by atoms with van der Waals surface area (Å²) < 4.78 is 28.3. The Morgan fingerprint density at radius 2 is 1.74 bits per heavy atom. The number of hydrogen-bond donors (Lipinski definition) is 1. The highest BCUT2D eigenvalue weighted by Crippen LogP contribution is 2.46. The molecule has 0 amide bonds. The van der Waals surface area contributed by atoms with E-state index in [9.17, 15) is 8.78 Å². The van der Waals surface area contributed by atoms with Gasteiger partial charge in [-0.15, -0.1) is 0 Å². The molecule has 0 spiro atoms. The van der Waals surface area contributed by atoms with Crippen LogP contribution in [-0.4, -0.2) is 31.1 Å². The summed E-state index contributed by atoms with van der Waals surface area (Å²) in [5.41, 5.74) is 0.203. The lowest BCUT2D eigenvalue weighted by molar-refractivity contribution is 0.149. The molecule has 19 heavy (non-hydrogen) atoms. The molecule has 1 saturated carbocycles. The topological polar surface area (TPSA) is 15.3 Å². The van der Waals surface area contributed by atoms with Crippen LogP contribution in [0, 0.1) is 17.6 Å². The molecule has 1 aliphatic heterocycles. The van der Waals surface area contributed by atoms with Crippen molar-refractivity contribution >= 4 is 11.6 Å². The van der Waals surface area contributed by atoms with Gasteiger partial charge in [0.15, 0.2) is 0 Å². The monoisotopic (exact) mass is 286 g/mol. The van der Waals surface area contributed by atoms with Crippen LogP contribution in [0.3, 0.4) is 0 Å². The Balaban J connectivity index is 1.95. The molecule has 0 radical (unpaired) electrons. The van der Waals surface area contributed by atoms with E-state index in [0.29, 0.717) is 5.92 Å². The molecule has 0 unspecified atom stereocenters. The first-order valence-electron chi connectivity index (χ1n) is 6.76. The van der Waals surface area contributed by atoms with Gasteiger partial charge in [-0.3, -0.25) is 4.90 Å². The SMILES string of the molecule is Fc1cc(Cl)cc(F)c1[C@H](C1CC1)N1CCNCC1. The third-order valence-corrected chi connectivity index (χ3v) is 4.17. The lowest BCUT2D eigenvalue weighted by Crippen LogP contribution is -2.46. The minimum Gasteiger partial charge on any atom is -0.314 e. The number of piperazine rings is 1. The van der Waals surface area contributed by atoms with Crippen molar-refractivity contribution in [3.8, 4) is 0 Å². The Labute approximate surface area is 116 Å². The maximum atomic E-state index is 14.1. The third kappa shape index (κ3) is 2.76. The van der Waals surface area contributed by atoms with E-state index in [2.05, 4.69) is 10.2 Å². The zero-order valence-corrected chi connectivity index (χ0v) is 11.4. The molecular weight excluding hydrogens is 270 g/mol. The minimum absolute atomic E-state index is 0.119. The average molecular weight is 287 g/mol. The Morgan fingerprint density at radius 3 is 2.26 bits per heavy atom. The molecule has 5 heteroatoms. The molecule has 2 nitrogen and oxygen atoms in total. The Kier molecular flexibility index (Phi) is 3.74. The van der Waals surface area contributed by atoms with E-state index < -0.39 is 11.6 Å². The average Bonchev–Trinajstić information content (AvgIpc) is 3.18. The fraction of sp³-hybridized carbons (Fsp3) is 0.571. The molecule has 0 bridgehead atoms. The van der Waals surface area contributed by atoms with Gasteiger partial charge in [0.25, 0.3) is 0 Å². The van der Waals surface area contributed by atoms with Gasteiger partial charge in [-0.25, -0.2) is 8.78 Å². The smallest absolute Gasteiger partial charge is 0.132 e. The summed E-state index contributed by atoms with van der Waals surface area (Å²) >= 11 is 5.70. The second-order valence-corrected chi connectivity index (χ2v) is 5.79. The van der Waals surface area contributed by atoms with Crippen molar-refractivity contribution in [2.24, 2.45) is 5.92 Å². The fourth-order valence-corrected chi connectivity index (χ4v) is 3.12. The van der Waals surface area contributed by atoms with Crippen LogP contribution in [0.2, 0.25) is 5.02 Å². The van der Waals surface area contributed by atoms with Crippen molar-refractivity contribution < 1.29 is 8.78 Å². The van der Waals surface area contributed by atoms with Crippen molar-refractivity contribution in [3.63, 3.8) is 0 Å². The third-order valence-electron chi connectivity index (χ3n) is 3.95. The summed E-state index contributed by atoms with van der Waals surface area (Å²) in [6.45, 7) is 3.42. The molecule has 0 aromatic heterocycles. The van der Waals surface area contributed by atoms with E-state index >= 15 is 0 Å². The molecule has 2 fully saturated rings. The van der Waals surface area contributed by atoms with E-state index in [1.54, 1.807) is 0 Å². The molecule has 1 N–H and O–H groups in total. The minimum atomic E-state index is -0.513. The summed E-state index contributed by atoms with van der Waals surface area (Å²) in [5.74, 6) is -0.649. The lowest BCUT2D eigenvalue weighted by Gasteiger charge is -2.35. The van der Waals surface area contributed by atoms with Gasteiger partial charge in [0.1, 0.15) is 11.6 Å². The van der Waals surface area contributed by atoms with Crippen LogP contribution in [0.5, 0.6) is 0 Å². The molecule has 1 aromatic carbocycles. The van der Waals surface area contributed by atoms with Gasteiger partial charge in [-0.2, -0.15) is 0 Å². The van der Waals surface area contributed by atoms with Gasteiger partial charge in [0, 0.05) is 42.8 Å². The van der Waals surface area contributed by atoms with E-state index in [1.807, 2.05) is 0 Å². The van der Waals surface area contributed by atoms with Crippen molar-refractivity contribution in [3.05, 3.63) is 34.4 Å². The second kappa shape index (κ2) is 5.35. The zero-order chi connectivity index (χ0) is 13.4. The summed E-state index contributed by atoms with van der Waals surface area (Å²) in [5, 5.41) is 3.39. The highest BCUT2D eigenvalue weighted by atomic mass is 35.5. The van der Waals surface area contributed by atoms with Crippen LogP contribution in [0.1, 0.15) is 24.4 Å².